The number of hydrogen-bond acceptors (Lipinski definition) is 6. The number of amides is 1. The molecule has 2 heterocycles. The molecule has 0 radical (unpaired) electrons. The van der Waals surface area contributed by atoms with Crippen molar-refractivity contribution >= 4 is 61.5 Å². The maximum Gasteiger partial charge on any atom is 0.250 e. The molecule has 1 aliphatic heterocycles. The minimum atomic E-state index is -0.320. The predicted molar refractivity (Wildman–Crippen MR) is 146 cm³/mol. The molecule has 1 aromatic heterocycles. The van der Waals surface area contributed by atoms with Gasteiger partial charge in [0.1, 0.15) is 42.7 Å². The van der Waals surface area contributed by atoms with Gasteiger partial charge in [-0.1, -0.05) is 45.7 Å². The van der Waals surface area contributed by atoms with Gasteiger partial charge >= 0.3 is 0 Å². The number of fused-ring (bicyclic) bond motifs is 2. The van der Waals surface area contributed by atoms with Crippen molar-refractivity contribution in [2.24, 2.45) is 0 Å². The number of allylic oxidation sites excluding steroid dienone is 1. The van der Waals surface area contributed by atoms with Gasteiger partial charge in [-0.3, -0.25) is 4.79 Å². The highest BCUT2D eigenvalue weighted by molar-refractivity contribution is 9.09. The summed E-state index contributed by atoms with van der Waals surface area (Å²) in [7, 11) is 0. The second-order valence-electron chi connectivity index (χ2n) is 8.14. The first-order valence-electron chi connectivity index (χ1n) is 11.4. The smallest absolute Gasteiger partial charge is 0.250 e. The molecule has 0 bridgehead atoms. The minimum absolute atomic E-state index is 0.129. The highest BCUT2D eigenvalue weighted by Gasteiger charge is 2.24. The Balaban J connectivity index is 1.40. The Kier molecular flexibility index (Phi) is 7.52. The summed E-state index contributed by atoms with van der Waals surface area (Å²) in [5.41, 5.74) is 2.71. The zero-order valence-electron chi connectivity index (χ0n) is 19.5. The average molecular weight is 584 g/mol. The number of benzene rings is 3. The molecule has 10 heteroatoms. The molecule has 0 fully saturated rings. The van der Waals surface area contributed by atoms with Gasteiger partial charge < -0.3 is 19.7 Å². The summed E-state index contributed by atoms with van der Waals surface area (Å²) < 4.78 is 25.0. The van der Waals surface area contributed by atoms with Gasteiger partial charge in [0.15, 0.2) is 0 Å². The zero-order valence-corrected chi connectivity index (χ0v) is 21.8. The second-order valence-corrected chi connectivity index (χ2v) is 9.20. The SMILES string of the molecule is O=C(C=CCBr)N1CCOc2cc3ncnc(Nc4ccc(OCc5cccc(F)c5)c(Cl)c4)c3cc21. The number of nitrogens with one attached hydrogen (secondary N) is 1. The average Bonchev–Trinajstić information content (AvgIpc) is 2.90. The normalized spacial score (nSPS) is 12.9. The molecule has 188 valence electrons. The van der Waals surface area contributed by atoms with E-state index in [9.17, 15) is 9.18 Å². The molecule has 7 nitrogen and oxygen atoms in total. The van der Waals surface area contributed by atoms with E-state index in [-0.39, 0.29) is 18.3 Å². The first-order valence-corrected chi connectivity index (χ1v) is 12.9. The van der Waals surface area contributed by atoms with E-state index in [0.717, 1.165) is 5.39 Å². The zero-order chi connectivity index (χ0) is 25.8. The Morgan fingerprint density at radius 3 is 2.92 bits per heavy atom. The Morgan fingerprint density at radius 2 is 2.11 bits per heavy atom. The summed E-state index contributed by atoms with van der Waals surface area (Å²) in [6.45, 7) is 1.02. The summed E-state index contributed by atoms with van der Waals surface area (Å²) >= 11 is 9.76. The van der Waals surface area contributed by atoms with Crippen LogP contribution in [0.2, 0.25) is 5.02 Å². The first kappa shape index (κ1) is 25.0. The molecular formula is C27H21BrClFN4O3. The molecule has 0 unspecified atom stereocenters. The molecule has 0 atom stereocenters. The Morgan fingerprint density at radius 1 is 1.22 bits per heavy atom. The van der Waals surface area contributed by atoms with Crippen molar-refractivity contribution in [3.8, 4) is 11.5 Å². The molecular weight excluding hydrogens is 563 g/mol. The number of alkyl halides is 1. The van der Waals surface area contributed by atoms with E-state index in [4.69, 9.17) is 21.1 Å². The van der Waals surface area contributed by atoms with Crippen molar-refractivity contribution < 1.29 is 18.7 Å². The summed E-state index contributed by atoms with van der Waals surface area (Å²) in [6.07, 6.45) is 4.75. The maximum absolute atomic E-state index is 13.4. The summed E-state index contributed by atoms with van der Waals surface area (Å²) in [4.78, 5) is 23.2. The third-order valence-electron chi connectivity index (χ3n) is 5.67. The van der Waals surface area contributed by atoms with Crippen LogP contribution < -0.4 is 19.7 Å². The molecule has 0 saturated carbocycles. The fourth-order valence-corrected chi connectivity index (χ4v) is 4.37. The Hall–Kier alpha value is -3.69. The van der Waals surface area contributed by atoms with Crippen LogP contribution in [0.15, 0.2) is 73.1 Å². The van der Waals surface area contributed by atoms with Gasteiger partial charge in [0.25, 0.3) is 5.91 Å². The third-order valence-corrected chi connectivity index (χ3v) is 6.34. The van der Waals surface area contributed by atoms with Crippen molar-refractivity contribution in [1.29, 1.82) is 0 Å². The van der Waals surface area contributed by atoms with Crippen LogP contribution in [-0.2, 0) is 11.4 Å². The van der Waals surface area contributed by atoms with E-state index in [1.165, 1.54) is 24.5 Å². The largest absolute Gasteiger partial charge is 0.489 e. The molecule has 4 aromatic rings. The van der Waals surface area contributed by atoms with Gasteiger partial charge in [0.05, 0.1) is 22.8 Å². The minimum Gasteiger partial charge on any atom is -0.489 e. The molecule has 0 aliphatic carbocycles. The quantitative estimate of drug-likeness (QED) is 0.200. The lowest BCUT2D eigenvalue weighted by molar-refractivity contribution is -0.114. The standard InChI is InChI=1S/C27H21BrClFN4O3/c28-8-2-5-26(35)34-9-10-36-25-14-22-20(13-23(25)34)27(32-16-31-22)33-19-6-7-24(21(29)12-19)37-15-17-3-1-4-18(30)11-17/h1-7,11-14,16H,8-10,15H2,(H,31,32,33). The van der Waals surface area contributed by atoms with E-state index in [1.807, 2.05) is 18.2 Å². The fourth-order valence-electron chi connectivity index (χ4n) is 3.95. The van der Waals surface area contributed by atoms with Gasteiger partial charge in [-0.25, -0.2) is 14.4 Å². The number of ether oxygens (including phenoxy) is 2. The predicted octanol–water partition coefficient (Wildman–Crippen LogP) is 6.42. The third kappa shape index (κ3) is 5.68. The van der Waals surface area contributed by atoms with Crippen LogP contribution in [0.1, 0.15) is 5.56 Å². The van der Waals surface area contributed by atoms with Crippen LogP contribution in [0.25, 0.3) is 10.9 Å². The number of nitrogens with zero attached hydrogens (tertiary/aromatic N) is 3. The Labute approximate surface area is 226 Å². The lowest BCUT2D eigenvalue weighted by atomic mass is 10.1. The summed E-state index contributed by atoms with van der Waals surface area (Å²) in [5.74, 6) is 1.16. The monoisotopic (exact) mass is 582 g/mol. The number of hydrogen-bond donors (Lipinski definition) is 1. The van der Waals surface area contributed by atoms with E-state index >= 15 is 0 Å². The van der Waals surface area contributed by atoms with E-state index in [2.05, 4.69) is 31.2 Å². The van der Waals surface area contributed by atoms with Crippen molar-refractivity contribution in [1.82, 2.24) is 9.97 Å². The molecule has 37 heavy (non-hydrogen) atoms. The number of aromatic nitrogens is 2. The number of carbonyl (C=O) groups excluding carboxylic acids is 1. The van der Waals surface area contributed by atoms with Crippen LogP contribution in [0, 0.1) is 5.82 Å². The topological polar surface area (TPSA) is 76.6 Å². The number of anilines is 3. The van der Waals surface area contributed by atoms with Crippen molar-refractivity contribution in [3.05, 3.63) is 89.5 Å². The van der Waals surface area contributed by atoms with Crippen molar-refractivity contribution in [2.45, 2.75) is 6.61 Å². The van der Waals surface area contributed by atoms with Gasteiger partial charge in [0.2, 0.25) is 0 Å². The van der Waals surface area contributed by atoms with Crippen molar-refractivity contribution in [3.63, 3.8) is 0 Å². The molecule has 1 aliphatic rings. The van der Waals surface area contributed by atoms with Gasteiger partial charge in [-0.05, 0) is 42.0 Å². The lowest BCUT2D eigenvalue weighted by Crippen LogP contribution is -2.36. The van der Waals surface area contributed by atoms with Crippen LogP contribution in [0.3, 0.4) is 0 Å². The molecule has 3 aromatic carbocycles. The fraction of sp³-hybridized carbons (Fsp3) is 0.148. The van der Waals surface area contributed by atoms with E-state index in [1.54, 1.807) is 35.2 Å². The number of rotatable bonds is 7. The molecule has 1 amide bonds. The van der Waals surface area contributed by atoms with E-state index in [0.29, 0.717) is 63.3 Å². The number of carbonyl (C=O) groups is 1. The van der Waals surface area contributed by atoms with Crippen molar-refractivity contribution in [2.75, 3.05) is 28.7 Å². The van der Waals surface area contributed by atoms with E-state index < -0.39 is 0 Å². The summed E-state index contributed by atoms with van der Waals surface area (Å²) in [5, 5.41) is 4.98. The molecule has 0 spiro atoms. The van der Waals surface area contributed by atoms with Gasteiger partial charge in [-0.2, -0.15) is 0 Å². The maximum atomic E-state index is 13.4. The van der Waals surface area contributed by atoms with Crippen LogP contribution in [0.4, 0.5) is 21.6 Å². The first-order chi connectivity index (χ1) is 18.0. The summed E-state index contributed by atoms with van der Waals surface area (Å²) in [6, 6.07) is 15.1. The van der Waals surface area contributed by atoms with Crippen LogP contribution >= 0.6 is 27.5 Å². The van der Waals surface area contributed by atoms with Crippen LogP contribution in [0.5, 0.6) is 11.5 Å². The highest BCUT2D eigenvalue weighted by atomic mass is 79.9. The van der Waals surface area contributed by atoms with Gasteiger partial charge in [0, 0.05) is 28.5 Å². The second kappa shape index (κ2) is 11.1. The number of halogens is 3. The lowest BCUT2D eigenvalue weighted by Gasteiger charge is -2.29. The van der Waals surface area contributed by atoms with Gasteiger partial charge in [-0.15, -0.1) is 0 Å². The molecule has 0 saturated heterocycles. The Bertz CT molecular complexity index is 1500. The highest BCUT2D eigenvalue weighted by Crippen LogP contribution is 2.38. The van der Waals surface area contributed by atoms with Crippen LogP contribution in [-0.4, -0.2) is 34.4 Å². The molecule has 5 rings (SSSR count). The molecule has 1 N–H and O–H groups in total.